The van der Waals surface area contributed by atoms with E-state index in [-0.39, 0.29) is 11.8 Å². The van der Waals surface area contributed by atoms with Crippen molar-refractivity contribution in [2.24, 2.45) is 13.0 Å². The molecule has 0 spiro atoms. The van der Waals surface area contributed by atoms with Gasteiger partial charge in [0.05, 0.1) is 5.69 Å². The maximum absolute atomic E-state index is 12.2. The van der Waals surface area contributed by atoms with Crippen LogP contribution in [0.4, 0.5) is 0 Å². The van der Waals surface area contributed by atoms with Crippen molar-refractivity contribution in [2.75, 3.05) is 0 Å². The molecular formula is C14H23N3O3. The minimum atomic E-state index is -1.02. The van der Waals surface area contributed by atoms with E-state index >= 15 is 0 Å². The summed E-state index contributed by atoms with van der Waals surface area (Å²) in [7, 11) is 1.68. The Kier molecular flexibility index (Phi) is 5.30. The van der Waals surface area contributed by atoms with E-state index in [1.165, 1.54) is 4.68 Å². The lowest BCUT2D eigenvalue weighted by Gasteiger charge is -2.16. The number of aryl methyl sites for hydroxylation is 1. The Balaban J connectivity index is 2.86. The molecule has 0 fully saturated rings. The summed E-state index contributed by atoms with van der Waals surface area (Å²) >= 11 is 0. The zero-order chi connectivity index (χ0) is 15.4. The van der Waals surface area contributed by atoms with Crippen molar-refractivity contribution in [3.05, 3.63) is 17.5 Å². The maximum Gasteiger partial charge on any atom is 0.326 e. The molecule has 0 unspecified atom stereocenters. The Labute approximate surface area is 119 Å². The summed E-state index contributed by atoms with van der Waals surface area (Å²) in [6.45, 7) is 7.82. The molecule has 0 aliphatic carbocycles. The van der Waals surface area contributed by atoms with E-state index in [2.05, 4.69) is 10.4 Å². The number of carboxylic acid groups (broad SMARTS) is 1. The monoisotopic (exact) mass is 281 g/mol. The first-order chi connectivity index (χ1) is 9.22. The summed E-state index contributed by atoms with van der Waals surface area (Å²) < 4.78 is 1.49. The lowest BCUT2D eigenvalue weighted by Crippen LogP contribution is -2.42. The molecule has 0 aliphatic rings. The first-order valence-corrected chi connectivity index (χ1v) is 6.80. The van der Waals surface area contributed by atoms with Crippen molar-refractivity contribution in [1.29, 1.82) is 0 Å². The number of carbonyl (C=O) groups is 2. The molecule has 0 aromatic carbocycles. The van der Waals surface area contributed by atoms with Gasteiger partial charge in [0.15, 0.2) is 0 Å². The SMILES string of the molecule is CC(C)C[C@H](NC(=O)c1cc(C(C)C)nn1C)C(=O)O. The van der Waals surface area contributed by atoms with Crippen LogP contribution in [0.2, 0.25) is 0 Å². The molecule has 0 radical (unpaired) electrons. The van der Waals surface area contributed by atoms with Gasteiger partial charge >= 0.3 is 5.97 Å². The van der Waals surface area contributed by atoms with Crippen LogP contribution < -0.4 is 5.32 Å². The second-order valence-electron chi connectivity index (χ2n) is 5.73. The number of aliphatic carboxylic acids is 1. The van der Waals surface area contributed by atoms with Crippen LogP contribution in [-0.4, -0.2) is 32.8 Å². The van der Waals surface area contributed by atoms with Gasteiger partial charge in [-0.3, -0.25) is 9.48 Å². The van der Waals surface area contributed by atoms with Gasteiger partial charge < -0.3 is 10.4 Å². The fourth-order valence-electron chi connectivity index (χ4n) is 1.91. The van der Waals surface area contributed by atoms with Crippen LogP contribution in [0.15, 0.2) is 6.07 Å². The Bertz CT molecular complexity index is 492. The predicted octanol–water partition coefficient (Wildman–Crippen LogP) is 1.77. The number of aromatic nitrogens is 2. The molecule has 0 aliphatic heterocycles. The number of hydrogen-bond donors (Lipinski definition) is 2. The van der Waals surface area contributed by atoms with Gasteiger partial charge in [-0.25, -0.2) is 4.79 Å². The molecule has 0 saturated heterocycles. The highest BCUT2D eigenvalue weighted by Gasteiger charge is 2.23. The van der Waals surface area contributed by atoms with Gasteiger partial charge in [-0.05, 0) is 24.3 Å². The first-order valence-electron chi connectivity index (χ1n) is 6.80. The molecule has 0 saturated carbocycles. The van der Waals surface area contributed by atoms with Crippen molar-refractivity contribution >= 4 is 11.9 Å². The van der Waals surface area contributed by atoms with Crippen molar-refractivity contribution in [3.63, 3.8) is 0 Å². The third-order valence-electron chi connectivity index (χ3n) is 3.03. The Morgan fingerprint density at radius 1 is 1.35 bits per heavy atom. The second-order valence-corrected chi connectivity index (χ2v) is 5.73. The first kappa shape index (κ1) is 16.2. The van der Waals surface area contributed by atoms with E-state index in [1.807, 2.05) is 27.7 Å². The van der Waals surface area contributed by atoms with Crippen molar-refractivity contribution in [1.82, 2.24) is 15.1 Å². The van der Waals surface area contributed by atoms with Crippen LogP contribution in [0, 0.1) is 5.92 Å². The molecule has 20 heavy (non-hydrogen) atoms. The van der Waals surface area contributed by atoms with E-state index in [0.717, 1.165) is 5.69 Å². The van der Waals surface area contributed by atoms with Gasteiger partial charge in [-0.15, -0.1) is 0 Å². The van der Waals surface area contributed by atoms with Gasteiger partial charge in [-0.1, -0.05) is 27.7 Å². The van der Waals surface area contributed by atoms with Gasteiger partial charge in [0.1, 0.15) is 11.7 Å². The quantitative estimate of drug-likeness (QED) is 0.832. The van der Waals surface area contributed by atoms with E-state index in [1.54, 1.807) is 13.1 Å². The van der Waals surface area contributed by atoms with Crippen LogP contribution in [0.1, 0.15) is 56.2 Å². The highest BCUT2D eigenvalue weighted by molar-refractivity contribution is 5.95. The number of carbonyl (C=O) groups excluding carboxylic acids is 1. The van der Waals surface area contributed by atoms with E-state index < -0.39 is 17.9 Å². The fraction of sp³-hybridized carbons (Fsp3) is 0.643. The smallest absolute Gasteiger partial charge is 0.326 e. The van der Waals surface area contributed by atoms with Crippen LogP contribution in [0.25, 0.3) is 0 Å². The highest BCUT2D eigenvalue weighted by atomic mass is 16.4. The zero-order valence-electron chi connectivity index (χ0n) is 12.7. The molecule has 1 rings (SSSR count). The molecule has 1 heterocycles. The molecular weight excluding hydrogens is 258 g/mol. The molecule has 2 N–H and O–H groups in total. The standard InChI is InChI=1S/C14H23N3O3/c1-8(2)6-11(14(19)20)15-13(18)12-7-10(9(3)4)16-17(12)5/h7-9,11H,6H2,1-5H3,(H,15,18)(H,19,20)/t11-/m0/s1. The third kappa shape index (κ3) is 4.08. The van der Waals surface area contributed by atoms with Crippen LogP contribution in [0.5, 0.6) is 0 Å². The molecule has 112 valence electrons. The number of rotatable bonds is 6. The summed E-state index contributed by atoms with van der Waals surface area (Å²) in [5.41, 5.74) is 1.19. The van der Waals surface area contributed by atoms with Crippen molar-refractivity contribution < 1.29 is 14.7 Å². The molecule has 0 bridgehead atoms. The molecule has 1 amide bonds. The minimum Gasteiger partial charge on any atom is -0.480 e. The summed E-state index contributed by atoms with van der Waals surface area (Å²) in [5.74, 6) is -1.01. The van der Waals surface area contributed by atoms with Crippen molar-refractivity contribution in [3.8, 4) is 0 Å². The summed E-state index contributed by atoms with van der Waals surface area (Å²) in [6.07, 6.45) is 0.399. The lowest BCUT2D eigenvalue weighted by atomic mass is 10.0. The average Bonchev–Trinajstić information content (AvgIpc) is 2.69. The second kappa shape index (κ2) is 6.54. The average molecular weight is 281 g/mol. The topological polar surface area (TPSA) is 84.2 Å². The molecule has 1 aromatic heterocycles. The summed E-state index contributed by atoms with van der Waals surface area (Å²) in [5, 5.41) is 16.0. The van der Waals surface area contributed by atoms with Crippen LogP contribution in [-0.2, 0) is 11.8 Å². The van der Waals surface area contributed by atoms with Gasteiger partial charge in [0, 0.05) is 7.05 Å². The number of amides is 1. The molecule has 6 nitrogen and oxygen atoms in total. The van der Waals surface area contributed by atoms with Gasteiger partial charge in [0.25, 0.3) is 5.91 Å². The number of nitrogens with zero attached hydrogens (tertiary/aromatic N) is 2. The Hall–Kier alpha value is -1.85. The summed E-state index contributed by atoms with van der Waals surface area (Å²) in [6, 6.07) is 0.828. The molecule has 6 heteroatoms. The number of nitrogens with one attached hydrogen (secondary N) is 1. The fourth-order valence-corrected chi connectivity index (χ4v) is 1.91. The van der Waals surface area contributed by atoms with Crippen molar-refractivity contribution in [2.45, 2.75) is 46.1 Å². The predicted molar refractivity (Wildman–Crippen MR) is 75.6 cm³/mol. The van der Waals surface area contributed by atoms with Crippen LogP contribution in [0.3, 0.4) is 0 Å². The van der Waals surface area contributed by atoms with Crippen LogP contribution >= 0.6 is 0 Å². The molecule has 1 aromatic rings. The zero-order valence-corrected chi connectivity index (χ0v) is 12.7. The molecule has 1 atom stereocenters. The largest absolute Gasteiger partial charge is 0.480 e. The van der Waals surface area contributed by atoms with E-state index in [4.69, 9.17) is 5.11 Å². The summed E-state index contributed by atoms with van der Waals surface area (Å²) in [4.78, 5) is 23.3. The minimum absolute atomic E-state index is 0.189. The Morgan fingerprint density at radius 2 is 1.95 bits per heavy atom. The van der Waals surface area contributed by atoms with Gasteiger partial charge in [-0.2, -0.15) is 5.10 Å². The Morgan fingerprint density at radius 3 is 2.35 bits per heavy atom. The lowest BCUT2D eigenvalue weighted by molar-refractivity contribution is -0.139. The van der Waals surface area contributed by atoms with E-state index in [0.29, 0.717) is 12.1 Å². The highest BCUT2D eigenvalue weighted by Crippen LogP contribution is 2.14. The number of hydrogen-bond acceptors (Lipinski definition) is 3. The van der Waals surface area contributed by atoms with E-state index in [9.17, 15) is 9.59 Å². The van der Waals surface area contributed by atoms with Gasteiger partial charge in [0.2, 0.25) is 0 Å². The maximum atomic E-state index is 12.2. The number of carboxylic acids is 1. The third-order valence-corrected chi connectivity index (χ3v) is 3.03. The normalized spacial score (nSPS) is 12.8.